The average Bonchev–Trinajstić information content (AvgIpc) is 3.49. The minimum absolute atomic E-state index is 0.0894. The standard InChI is InChI=1S/C24H25FN2O3S/c25-18-12-10-17(11-13-18)22(23(28)26-19-6-2-1-3-7-19)27(16-20-8-5-15-31-20)24(29)21-9-4-14-30-21/h4-5,8-15,19,22H,1-3,6-7,16H2,(H,26,28). The Morgan fingerprint density at radius 3 is 2.52 bits per heavy atom. The first-order valence-electron chi connectivity index (χ1n) is 10.5. The Balaban J connectivity index is 1.70. The second-order valence-electron chi connectivity index (χ2n) is 7.79. The molecule has 1 aliphatic carbocycles. The maximum absolute atomic E-state index is 13.6. The molecule has 1 N–H and O–H groups in total. The van der Waals surface area contributed by atoms with Crippen LogP contribution in [0.1, 0.15) is 59.1 Å². The first-order chi connectivity index (χ1) is 15.1. The molecule has 0 radical (unpaired) electrons. The molecular weight excluding hydrogens is 415 g/mol. The third-order valence-electron chi connectivity index (χ3n) is 5.60. The van der Waals surface area contributed by atoms with Crippen LogP contribution in [-0.2, 0) is 11.3 Å². The molecule has 0 aliphatic heterocycles. The van der Waals surface area contributed by atoms with Crippen molar-refractivity contribution in [3.05, 3.63) is 82.2 Å². The molecule has 2 heterocycles. The number of rotatable bonds is 7. The lowest BCUT2D eigenvalue weighted by atomic mass is 9.94. The number of nitrogens with zero attached hydrogens (tertiary/aromatic N) is 1. The summed E-state index contributed by atoms with van der Waals surface area (Å²) in [7, 11) is 0. The number of hydrogen-bond donors (Lipinski definition) is 1. The highest BCUT2D eigenvalue weighted by Crippen LogP contribution is 2.28. The monoisotopic (exact) mass is 440 g/mol. The molecule has 1 saturated carbocycles. The fourth-order valence-electron chi connectivity index (χ4n) is 4.04. The van der Waals surface area contributed by atoms with Crippen LogP contribution in [0.3, 0.4) is 0 Å². The third kappa shape index (κ3) is 5.22. The summed E-state index contributed by atoms with van der Waals surface area (Å²) in [5.41, 5.74) is 0.561. The van der Waals surface area contributed by atoms with Crippen molar-refractivity contribution in [3.63, 3.8) is 0 Å². The van der Waals surface area contributed by atoms with Crippen molar-refractivity contribution in [2.75, 3.05) is 0 Å². The molecule has 31 heavy (non-hydrogen) atoms. The maximum Gasteiger partial charge on any atom is 0.290 e. The minimum atomic E-state index is -0.901. The van der Waals surface area contributed by atoms with Gasteiger partial charge in [0, 0.05) is 10.9 Å². The summed E-state index contributed by atoms with van der Waals surface area (Å²) in [6.45, 7) is 0.247. The zero-order chi connectivity index (χ0) is 21.6. The van der Waals surface area contributed by atoms with Crippen LogP contribution in [0.2, 0.25) is 0 Å². The van der Waals surface area contributed by atoms with Gasteiger partial charge in [0.15, 0.2) is 5.76 Å². The van der Waals surface area contributed by atoms with Gasteiger partial charge in [0.2, 0.25) is 5.91 Å². The van der Waals surface area contributed by atoms with Crippen molar-refractivity contribution in [1.82, 2.24) is 10.2 Å². The van der Waals surface area contributed by atoms with Gasteiger partial charge in [0.25, 0.3) is 5.91 Å². The number of carbonyl (C=O) groups is 2. The van der Waals surface area contributed by atoms with Gasteiger partial charge in [-0.1, -0.05) is 37.5 Å². The molecule has 1 aromatic carbocycles. The molecule has 7 heteroatoms. The second kappa shape index (κ2) is 9.92. The van der Waals surface area contributed by atoms with Crippen LogP contribution in [0.25, 0.3) is 0 Å². The van der Waals surface area contributed by atoms with E-state index in [9.17, 15) is 14.0 Å². The largest absolute Gasteiger partial charge is 0.459 e. The van der Waals surface area contributed by atoms with E-state index in [2.05, 4.69) is 5.32 Å². The molecule has 1 aliphatic rings. The minimum Gasteiger partial charge on any atom is -0.459 e. The van der Waals surface area contributed by atoms with Gasteiger partial charge >= 0.3 is 0 Å². The molecule has 1 fully saturated rings. The van der Waals surface area contributed by atoms with Crippen molar-refractivity contribution >= 4 is 23.2 Å². The lowest BCUT2D eigenvalue weighted by Gasteiger charge is -2.32. The quantitative estimate of drug-likeness (QED) is 0.541. The first kappa shape index (κ1) is 21.3. The number of hydrogen-bond acceptors (Lipinski definition) is 4. The molecule has 1 unspecified atom stereocenters. The highest BCUT2D eigenvalue weighted by atomic mass is 32.1. The summed E-state index contributed by atoms with van der Waals surface area (Å²) < 4.78 is 19.0. The number of carbonyl (C=O) groups excluding carboxylic acids is 2. The normalized spacial score (nSPS) is 15.4. The third-order valence-corrected chi connectivity index (χ3v) is 6.46. The van der Waals surface area contributed by atoms with E-state index >= 15 is 0 Å². The van der Waals surface area contributed by atoms with Gasteiger partial charge in [0.1, 0.15) is 11.9 Å². The Morgan fingerprint density at radius 2 is 1.87 bits per heavy atom. The number of halogens is 1. The van der Waals surface area contributed by atoms with Crippen molar-refractivity contribution in [1.29, 1.82) is 0 Å². The van der Waals surface area contributed by atoms with Crippen molar-refractivity contribution < 1.29 is 18.4 Å². The van der Waals surface area contributed by atoms with Crippen LogP contribution < -0.4 is 5.32 Å². The van der Waals surface area contributed by atoms with Crippen molar-refractivity contribution in [2.45, 2.75) is 50.7 Å². The Kier molecular flexibility index (Phi) is 6.82. The molecule has 0 saturated heterocycles. The number of benzene rings is 1. The predicted molar refractivity (Wildman–Crippen MR) is 117 cm³/mol. The SMILES string of the molecule is O=C(NC1CCCCC1)C(c1ccc(F)cc1)N(Cc1cccs1)C(=O)c1ccco1. The number of nitrogens with one attached hydrogen (secondary N) is 1. The average molecular weight is 441 g/mol. The zero-order valence-corrected chi connectivity index (χ0v) is 17.9. The van der Waals surface area contributed by atoms with Gasteiger partial charge in [-0.05, 0) is 54.1 Å². The lowest BCUT2D eigenvalue weighted by Crippen LogP contribution is -2.46. The number of furan rings is 1. The van der Waals surface area contributed by atoms with Gasteiger partial charge in [-0.15, -0.1) is 11.3 Å². The van der Waals surface area contributed by atoms with Gasteiger partial charge in [-0.25, -0.2) is 4.39 Å². The summed E-state index contributed by atoms with van der Waals surface area (Å²) in [5.74, 6) is -0.868. The molecule has 5 nitrogen and oxygen atoms in total. The van der Waals surface area contributed by atoms with Crippen molar-refractivity contribution in [2.24, 2.45) is 0 Å². The van der Waals surface area contributed by atoms with Crippen molar-refractivity contribution in [3.8, 4) is 0 Å². The highest BCUT2D eigenvalue weighted by Gasteiger charge is 2.34. The molecule has 3 aromatic rings. The fraction of sp³-hybridized carbons (Fsp3) is 0.333. The van der Waals surface area contributed by atoms with Crippen LogP contribution in [0.15, 0.2) is 64.6 Å². The second-order valence-corrected chi connectivity index (χ2v) is 8.82. The van der Waals surface area contributed by atoms with Crippen LogP contribution in [0.4, 0.5) is 4.39 Å². The Hall–Kier alpha value is -2.93. The van der Waals surface area contributed by atoms with Crippen LogP contribution in [0, 0.1) is 5.82 Å². The smallest absolute Gasteiger partial charge is 0.290 e. The van der Waals surface area contributed by atoms with Crippen LogP contribution >= 0.6 is 11.3 Å². The van der Waals surface area contributed by atoms with Gasteiger partial charge in [-0.2, -0.15) is 0 Å². The Labute approximate surface area is 184 Å². The highest BCUT2D eigenvalue weighted by molar-refractivity contribution is 7.09. The van der Waals surface area contributed by atoms with E-state index in [0.717, 1.165) is 30.6 Å². The van der Waals surface area contributed by atoms with E-state index < -0.39 is 11.9 Å². The summed E-state index contributed by atoms with van der Waals surface area (Å²) >= 11 is 1.51. The number of amides is 2. The zero-order valence-electron chi connectivity index (χ0n) is 17.1. The summed E-state index contributed by atoms with van der Waals surface area (Å²) in [6, 6.07) is 12.0. The maximum atomic E-state index is 13.6. The predicted octanol–water partition coefficient (Wildman–Crippen LogP) is 5.31. The van der Waals surface area contributed by atoms with Crippen LogP contribution in [-0.4, -0.2) is 22.8 Å². The van der Waals surface area contributed by atoms with E-state index in [-0.39, 0.29) is 30.2 Å². The van der Waals surface area contributed by atoms with E-state index in [0.29, 0.717) is 5.56 Å². The lowest BCUT2D eigenvalue weighted by molar-refractivity contribution is -0.127. The summed E-state index contributed by atoms with van der Waals surface area (Å²) in [6.07, 6.45) is 6.63. The molecule has 1 atom stereocenters. The van der Waals surface area contributed by atoms with Crippen LogP contribution in [0.5, 0.6) is 0 Å². The Morgan fingerprint density at radius 1 is 1.10 bits per heavy atom. The molecular formula is C24H25FN2O3S. The van der Waals surface area contributed by atoms with E-state index in [4.69, 9.17) is 4.42 Å². The molecule has 4 rings (SSSR count). The first-order valence-corrected chi connectivity index (χ1v) is 11.4. The van der Waals surface area contributed by atoms with E-state index in [1.54, 1.807) is 24.3 Å². The fourth-order valence-corrected chi connectivity index (χ4v) is 4.74. The molecule has 0 spiro atoms. The molecule has 2 amide bonds. The molecule has 162 valence electrons. The summed E-state index contributed by atoms with van der Waals surface area (Å²) in [4.78, 5) is 29.4. The van der Waals surface area contributed by atoms with E-state index in [1.165, 1.54) is 41.1 Å². The molecule has 0 bridgehead atoms. The topological polar surface area (TPSA) is 62.6 Å². The van der Waals surface area contributed by atoms with Gasteiger partial charge < -0.3 is 14.6 Å². The van der Waals surface area contributed by atoms with Gasteiger partial charge in [0.05, 0.1) is 12.8 Å². The number of thiophene rings is 1. The summed E-state index contributed by atoms with van der Waals surface area (Å²) in [5, 5.41) is 5.07. The van der Waals surface area contributed by atoms with Gasteiger partial charge in [-0.3, -0.25) is 9.59 Å². The molecule has 2 aromatic heterocycles. The Bertz CT molecular complexity index is 981. The van der Waals surface area contributed by atoms with E-state index in [1.807, 2.05) is 17.5 Å².